The molecule has 1 aliphatic rings. The third-order valence-electron chi connectivity index (χ3n) is 3.81. The normalized spacial score (nSPS) is 24.6. The summed E-state index contributed by atoms with van der Waals surface area (Å²) in [5.41, 5.74) is 0.784. The summed E-state index contributed by atoms with van der Waals surface area (Å²) in [6.07, 6.45) is 2.37. The van der Waals surface area contributed by atoms with Gasteiger partial charge in [-0.25, -0.2) is 4.39 Å². The largest absolute Gasteiger partial charge is 0.311 e. The summed E-state index contributed by atoms with van der Waals surface area (Å²) in [5.74, 6) is -0.118. The van der Waals surface area contributed by atoms with E-state index < -0.39 is 0 Å². The van der Waals surface area contributed by atoms with Crippen molar-refractivity contribution in [3.8, 4) is 0 Å². The minimum atomic E-state index is -0.118. The second-order valence-electron chi connectivity index (χ2n) is 5.41. The lowest BCUT2D eigenvalue weighted by Crippen LogP contribution is -2.54. The van der Waals surface area contributed by atoms with E-state index in [2.05, 4.69) is 40.0 Å². The second kappa shape index (κ2) is 6.82. The van der Waals surface area contributed by atoms with E-state index in [4.69, 9.17) is 0 Å². The fourth-order valence-electron chi connectivity index (χ4n) is 2.62. The van der Waals surface area contributed by atoms with Crippen LogP contribution in [0.25, 0.3) is 0 Å². The smallest absolute Gasteiger partial charge is 0.128 e. The van der Waals surface area contributed by atoms with Gasteiger partial charge in [-0.3, -0.25) is 4.90 Å². The highest BCUT2D eigenvalue weighted by atomic mass is 79.9. The van der Waals surface area contributed by atoms with Crippen LogP contribution in [-0.4, -0.2) is 30.1 Å². The third-order valence-corrected chi connectivity index (χ3v) is 4.30. The SMILES string of the molecule is CCCC1CN(Cc2ccc(Br)cc2F)C(C)CN1. The lowest BCUT2D eigenvalue weighted by atomic mass is 10.0. The highest BCUT2D eigenvalue weighted by Gasteiger charge is 2.24. The van der Waals surface area contributed by atoms with Crippen molar-refractivity contribution >= 4 is 15.9 Å². The van der Waals surface area contributed by atoms with E-state index in [0.717, 1.165) is 23.1 Å². The van der Waals surface area contributed by atoms with Crippen LogP contribution in [0.5, 0.6) is 0 Å². The molecule has 1 aromatic carbocycles. The Kier molecular flexibility index (Phi) is 5.37. The summed E-state index contributed by atoms with van der Waals surface area (Å²) in [5, 5.41) is 3.57. The van der Waals surface area contributed by atoms with Gasteiger partial charge in [-0.15, -0.1) is 0 Å². The highest BCUT2D eigenvalue weighted by molar-refractivity contribution is 9.10. The van der Waals surface area contributed by atoms with E-state index >= 15 is 0 Å². The van der Waals surface area contributed by atoms with Gasteiger partial charge in [0.15, 0.2) is 0 Å². The maximum atomic E-state index is 13.9. The summed E-state index contributed by atoms with van der Waals surface area (Å²) in [6.45, 7) is 7.10. The fraction of sp³-hybridized carbons (Fsp3) is 0.600. The third kappa shape index (κ3) is 4.01. The van der Waals surface area contributed by atoms with Crippen molar-refractivity contribution in [3.05, 3.63) is 34.1 Å². The molecule has 0 aromatic heterocycles. The summed E-state index contributed by atoms with van der Waals surface area (Å²) >= 11 is 3.30. The lowest BCUT2D eigenvalue weighted by Gasteiger charge is -2.39. The maximum absolute atomic E-state index is 13.9. The number of piperazine rings is 1. The monoisotopic (exact) mass is 328 g/mol. The number of hydrogen-bond donors (Lipinski definition) is 1. The van der Waals surface area contributed by atoms with Gasteiger partial charge in [-0.05, 0) is 25.5 Å². The molecule has 4 heteroatoms. The molecule has 2 rings (SSSR count). The van der Waals surface area contributed by atoms with Gasteiger partial charge in [0, 0.05) is 41.8 Å². The van der Waals surface area contributed by atoms with Crippen LogP contribution in [0, 0.1) is 5.82 Å². The van der Waals surface area contributed by atoms with Gasteiger partial charge in [0.25, 0.3) is 0 Å². The zero-order valence-electron chi connectivity index (χ0n) is 11.6. The molecule has 0 spiro atoms. The van der Waals surface area contributed by atoms with Crippen LogP contribution in [-0.2, 0) is 6.54 Å². The fourth-order valence-corrected chi connectivity index (χ4v) is 2.96. The summed E-state index contributed by atoms with van der Waals surface area (Å²) < 4.78 is 14.7. The molecule has 1 saturated heterocycles. The van der Waals surface area contributed by atoms with Crippen LogP contribution in [0.3, 0.4) is 0 Å². The van der Waals surface area contributed by atoms with Crippen molar-refractivity contribution in [2.75, 3.05) is 13.1 Å². The Balaban J connectivity index is 2.03. The van der Waals surface area contributed by atoms with Gasteiger partial charge in [0.05, 0.1) is 0 Å². The zero-order chi connectivity index (χ0) is 13.8. The van der Waals surface area contributed by atoms with E-state index in [0.29, 0.717) is 18.6 Å². The summed E-state index contributed by atoms with van der Waals surface area (Å²) in [4.78, 5) is 2.38. The van der Waals surface area contributed by atoms with E-state index in [-0.39, 0.29) is 5.82 Å². The van der Waals surface area contributed by atoms with Gasteiger partial charge in [0.2, 0.25) is 0 Å². The van der Waals surface area contributed by atoms with Gasteiger partial charge in [0.1, 0.15) is 5.82 Å². The number of hydrogen-bond acceptors (Lipinski definition) is 2. The van der Waals surface area contributed by atoms with Crippen LogP contribution in [0.1, 0.15) is 32.3 Å². The number of benzene rings is 1. The predicted octanol–water partition coefficient (Wildman–Crippen LogP) is 3.55. The van der Waals surface area contributed by atoms with Crippen LogP contribution in [0.4, 0.5) is 4.39 Å². The first-order valence-electron chi connectivity index (χ1n) is 7.01. The quantitative estimate of drug-likeness (QED) is 0.909. The number of nitrogens with one attached hydrogen (secondary N) is 1. The molecule has 1 aromatic rings. The number of nitrogens with zero attached hydrogens (tertiary/aromatic N) is 1. The van der Waals surface area contributed by atoms with Crippen molar-refractivity contribution in [2.45, 2.75) is 45.3 Å². The zero-order valence-corrected chi connectivity index (χ0v) is 13.2. The number of halogens is 2. The molecule has 1 aliphatic heterocycles. The van der Waals surface area contributed by atoms with Crippen LogP contribution < -0.4 is 5.32 Å². The van der Waals surface area contributed by atoms with Gasteiger partial charge in [-0.2, -0.15) is 0 Å². The van der Waals surface area contributed by atoms with Gasteiger partial charge in [-0.1, -0.05) is 35.3 Å². The molecule has 1 N–H and O–H groups in total. The molecule has 1 fully saturated rings. The predicted molar refractivity (Wildman–Crippen MR) is 80.7 cm³/mol. The minimum Gasteiger partial charge on any atom is -0.311 e. The van der Waals surface area contributed by atoms with E-state index in [9.17, 15) is 4.39 Å². The molecule has 2 nitrogen and oxygen atoms in total. The van der Waals surface area contributed by atoms with E-state index in [1.165, 1.54) is 12.8 Å². The first-order chi connectivity index (χ1) is 9.10. The molecule has 2 unspecified atom stereocenters. The summed E-state index contributed by atoms with van der Waals surface area (Å²) in [7, 11) is 0. The molecule has 19 heavy (non-hydrogen) atoms. The summed E-state index contributed by atoms with van der Waals surface area (Å²) in [6, 6.07) is 6.33. The van der Waals surface area contributed by atoms with Crippen molar-refractivity contribution in [1.29, 1.82) is 0 Å². The minimum absolute atomic E-state index is 0.118. The Bertz CT molecular complexity index is 425. The molecule has 0 amide bonds. The van der Waals surface area contributed by atoms with Crippen molar-refractivity contribution in [3.63, 3.8) is 0 Å². The van der Waals surface area contributed by atoms with Crippen LogP contribution in [0.2, 0.25) is 0 Å². The second-order valence-corrected chi connectivity index (χ2v) is 6.32. The molecule has 106 valence electrons. The highest BCUT2D eigenvalue weighted by Crippen LogP contribution is 2.19. The molecule has 0 aliphatic carbocycles. The standard InChI is InChI=1S/C15H22BrFN2/c1-3-4-14-10-19(11(2)8-18-14)9-12-5-6-13(16)7-15(12)17/h5-7,11,14,18H,3-4,8-10H2,1-2H3. The Morgan fingerprint density at radius 1 is 1.47 bits per heavy atom. The van der Waals surface area contributed by atoms with Crippen molar-refractivity contribution in [2.24, 2.45) is 0 Å². The van der Waals surface area contributed by atoms with Crippen LogP contribution in [0.15, 0.2) is 22.7 Å². The average Bonchev–Trinajstić information content (AvgIpc) is 2.37. The van der Waals surface area contributed by atoms with Crippen LogP contribution >= 0.6 is 15.9 Å². The maximum Gasteiger partial charge on any atom is 0.128 e. The van der Waals surface area contributed by atoms with E-state index in [1.807, 2.05) is 12.1 Å². The molecule has 2 atom stereocenters. The first-order valence-corrected chi connectivity index (χ1v) is 7.80. The Morgan fingerprint density at radius 2 is 2.26 bits per heavy atom. The van der Waals surface area contributed by atoms with Crippen molar-refractivity contribution in [1.82, 2.24) is 10.2 Å². The molecule has 1 heterocycles. The average molecular weight is 329 g/mol. The molecule has 0 saturated carbocycles. The lowest BCUT2D eigenvalue weighted by molar-refractivity contribution is 0.128. The molecule has 0 bridgehead atoms. The Morgan fingerprint density at radius 3 is 2.95 bits per heavy atom. The molecular formula is C15H22BrFN2. The van der Waals surface area contributed by atoms with Gasteiger partial charge < -0.3 is 5.32 Å². The van der Waals surface area contributed by atoms with E-state index in [1.54, 1.807) is 6.07 Å². The topological polar surface area (TPSA) is 15.3 Å². The number of rotatable bonds is 4. The Hall–Kier alpha value is -0.450. The van der Waals surface area contributed by atoms with Crippen molar-refractivity contribution < 1.29 is 4.39 Å². The Labute approximate surface area is 123 Å². The molecule has 0 radical (unpaired) electrons. The first kappa shape index (κ1) is 14.9. The van der Waals surface area contributed by atoms with Gasteiger partial charge >= 0.3 is 0 Å². The molecular weight excluding hydrogens is 307 g/mol.